The Labute approximate surface area is 93.8 Å². The maximum atomic E-state index is 13.9. The second-order valence-corrected chi connectivity index (χ2v) is 3.65. The Balaban J connectivity index is 2.62. The Kier molecular flexibility index (Phi) is 2.70. The molecule has 78 valence electrons. The third kappa shape index (κ3) is 1.80. The third-order valence-corrected chi connectivity index (χ3v) is 2.45. The number of nitrogens with zero attached hydrogens (tertiary/aromatic N) is 1. The quantitative estimate of drug-likeness (QED) is 0.706. The molecule has 0 N–H and O–H groups in total. The van der Waals surface area contributed by atoms with Crippen LogP contribution in [0.5, 0.6) is 0 Å². The van der Waals surface area contributed by atoms with Crippen LogP contribution in [0.2, 0.25) is 0 Å². The van der Waals surface area contributed by atoms with Crippen molar-refractivity contribution in [3.05, 3.63) is 59.4 Å². The molecule has 0 aliphatic carbocycles. The molecule has 2 aromatic rings. The molecule has 0 saturated carbocycles. The van der Waals surface area contributed by atoms with Crippen molar-refractivity contribution in [2.45, 2.75) is 6.92 Å². The molecule has 0 bridgehead atoms. The van der Waals surface area contributed by atoms with Crippen LogP contribution in [-0.4, -0.2) is 0 Å². The normalized spacial score (nSPS) is 9.81. The van der Waals surface area contributed by atoms with Gasteiger partial charge in [-0.2, -0.15) is 5.26 Å². The maximum absolute atomic E-state index is 13.9. The van der Waals surface area contributed by atoms with Gasteiger partial charge in [-0.25, -0.2) is 4.39 Å². The predicted molar refractivity (Wildman–Crippen MR) is 61.3 cm³/mol. The minimum atomic E-state index is -0.449. The largest absolute Gasteiger partial charge is 0.205 e. The van der Waals surface area contributed by atoms with Crippen LogP contribution in [0.25, 0.3) is 11.1 Å². The van der Waals surface area contributed by atoms with Crippen LogP contribution < -0.4 is 0 Å². The number of rotatable bonds is 1. The highest BCUT2D eigenvalue weighted by atomic mass is 19.1. The SMILES string of the molecule is Cc1cccc(-c2cccc(C#N)c2F)c1. The molecule has 0 aliphatic heterocycles. The first kappa shape index (κ1) is 10.4. The molecule has 0 heterocycles. The molecule has 0 fully saturated rings. The topological polar surface area (TPSA) is 23.8 Å². The van der Waals surface area contributed by atoms with Crippen molar-refractivity contribution < 1.29 is 4.39 Å². The average Bonchev–Trinajstić information content (AvgIpc) is 2.29. The summed E-state index contributed by atoms with van der Waals surface area (Å²) in [6, 6.07) is 14.3. The molecule has 0 amide bonds. The fraction of sp³-hybridized carbons (Fsp3) is 0.0714. The van der Waals surface area contributed by atoms with Crippen LogP contribution in [-0.2, 0) is 0 Å². The van der Waals surface area contributed by atoms with Gasteiger partial charge in [0.1, 0.15) is 11.9 Å². The Hall–Kier alpha value is -2.14. The van der Waals surface area contributed by atoms with Crippen molar-refractivity contribution in [1.82, 2.24) is 0 Å². The number of hydrogen-bond acceptors (Lipinski definition) is 1. The van der Waals surface area contributed by atoms with E-state index >= 15 is 0 Å². The predicted octanol–water partition coefficient (Wildman–Crippen LogP) is 3.67. The summed E-state index contributed by atoms with van der Waals surface area (Å²) in [6.07, 6.45) is 0. The lowest BCUT2D eigenvalue weighted by Crippen LogP contribution is -1.89. The number of benzene rings is 2. The van der Waals surface area contributed by atoms with E-state index in [0.717, 1.165) is 11.1 Å². The smallest absolute Gasteiger partial charge is 0.148 e. The van der Waals surface area contributed by atoms with Gasteiger partial charge in [-0.1, -0.05) is 42.0 Å². The molecule has 0 aromatic heterocycles. The number of nitriles is 1. The van der Waals surface area contributed by atoms with Gasteiger partial charge in [0.05, 0.1) is 5.56 Å². The molecule has 0 saturated heterocycles. The van der Waals surface area contributed by atoms with Gasteiger partial charge in [0.25, 0.3) is 0 Å². The summed E-state index contributed by atoms with van der Waals surface area (Å²) in [5.41, 5.74) is 2.43. The van der Waals surface area contributed by atoms with Gasteiger partial charge in [-0.3, -0.25) is 0 Å². The molecule has 0 atom stereocenters. The van der Waals surface area contributed by atoms with Crippen molar-refractivity contribution in [2.24, 2.45) is 0 Å². The summed E-state index contributed by atoms with van der Waals surface area (Å²) >= 11 is 0. The van der Waals surface area contributed by atoms with E-state index in [1.54, 1.807) is 12.1 Å². The fourth-order valence-electron chi connectivity index (χ4n) is 1.65. The van der Waals surface area contributed by atoms with Gasteiger partial charge < -0.3 is 0 Å². The summed E-state index contributed by atoms with van der Waals surface area (Å²) in [4.78, 5) is 0. The standard InChI is InChI=1S/C14H10FN/c1-10-4-2-5-11(8-10)13-7-3-6-12(9-16)14(13)15/h2-8H,1H3. The van der Waals surface area contributed by atoms with E-state index in [1.807, 2.05) is 37.3 Å². The highest BCUT2D eigenvalue weighted by molar-refractivity contribution is 5.66. The van der Waals surface area contributed by atoms with Crippen LogP contribution in [0.15, 0.2) is 42.5 Å². The van der Waals surface area contributed by atoms with Crippen LogP contribution in [0.1, 0.15) is 11.1 Å². The van der Waals surface area contributed by atoms with Gasteiger partial charge >= 0.3 is 0 Å². The molecule has 1 nitrogen and oxygen atoms in total. The lowest BCUT2D eigenvalue weighted by molar-refractivity contribution is 0.627. The van der Waals surface area contributed by atoms with Gasteiger partial charge in [0.15, 0.2) is 0 Å². The highest BCUT2D eigenvalue weighted by Gasteiger charge is 2.08. The minimum Gasteiger partial charge on any atom is -0.205 e. The molecule has 2 aromatic carbocycles. The number of halogens is 1. The molecule has 0 radical (unpaired) electrons. The van der Waals surface area contributed by atoms with Crippen LogP contribution in [0.3, 0.4) is 0 Å². The van der Waals surface area contributed by atoms with E-state index in [4.69, 9.17) is 5.26 Å². The lowest BCUT2D eigenvalue weighted by Gasteiger charge is -2.05. The van der Waals surface area contributed by atoms with E-state index in [-0.39, 0.29) is 5.56 Å². The Morgan fingerprint density at radius 2 is 1.88 bits per heavy atom. The molecule has 2 heteroatoms. The first-order chi connectivity index (χ1) is 7.72. The third-order valence-electron chi connectivity index (χ3n) is 2.45. The van der Waals surface area contributed by atoms with E-state index < -0.39 is 5.82 Å². The monoisotopic (exact) mass is 211 g/mol. The molecule has 0 spiro atoms. The number of hydrogen-bond donors (Lipinski definition) is 0. The van der Waals surface area contributed by atoms with E-state index in [2.05, 4.69) is 0 Å². The second-order valence-electron chi connectivity index (χ2n) is 3.65. The molecular weight excluding hydrogens is 201 g/mol. The van der Waals surface area contributed by atoms with Crippen LogP contribution in [0, 0.1) is 24.1 Å². The number of aryl methyl sites for hydroxylation is 1. The molecule has 2 rings (SSSR count). The zero-order valence-electron chi connectivity index (χ0n) is 8.87. The summed E-state index contributed by atoms with van der Waals surface area (Å²) < 4.78 is 13.9. The lowest BCUT2D eigenvalue weighted by atomic mass is 10.0. The van der Waals surface area contributed by atoms with Crippen molar-refractivity contribution >= 4 is 0 Å². The molecular formula is C14H10FN. The first-order valence-electron chi connectivity index (χ1n) is 4.98. The second kappa shape index (κ2) is 4.16. The van der Waals surface area contributed by atoms with Crippen LogP contribution in [0.4, 0.5) is 4.39 Å². The van der Waals surface area contributed by atoms with Gasteiger partial charge in [0, 0.05) is 5.56 Å². The zero-order chi connectivity index (χ0) is 11.5. The minimum absolute atomic E-state index is 0.0824. The first-order valence-corrected chi connectivity index (χ1v) is 4.98. The summed E-state index contributed by atoms with van der Waals surface area (Å²) in [7, 11) is 0. The fourth-order valence-corrected chi connectivity index (χ4v) is 1.65. The van der Waals surface area contributed by atoms with Gasteiger partial charge in [-0.15, -0.1) is 0 Å². The van der Waals surface area contributed by atoms with Crippen LogP contribution >= 0.6 is 0 Å². The Morgan fingerprint density at radius 3 is 2.56 bits per heavy atom. The summed E-state index contributed by atoms with van der Waals surface area (Å²) in [5, 5.41) is 8.75. The summed E-state index contributed by atoms with van der Waals surface area (Å²) in [6.45, 7) is 1.95. The highest BCUT2D eigenvalue weighted by Crippen LogP contribution is 2.25. The molecule has 0 aliphatic rings. The van der Waals surface area contributed by atoms with Crippen molar-refractivity contribution in [1.29, 1.82) is 5.26 Å². The average molecular weight is 211 g/mol. The Morgan fingerprint density at radius 1 is 1.12 bits per heavy atom. The van der Waals surface area contributed by atoms with E-state index in [1.165, 1.54) is 6.07 Å². The van der Waals surface area contributed by atoms with Gasteiger partial charge in [0.2, 0.25) is 0 Å². The van der Waals surface area contributed by atoms with Crippen molar-refractivity contribution in [3.63, 3.8) is 0 Å². The van der Waals surface area contributed by atoms with E-state index in [9.17, 15) is 4.39 Å². The van der Waals surface area contributed by atoms with Crippen molar-refractivity contribution in [3.8, 4) is 17.2 Å². The zero-order valence-corrected chi connectivity index (χ0v) is 8.87. The van der Waals surface area contributed by atoms with Crippen molar-refractivity contribution in [2.75, 3.05) is 0 Å². The molecule has 0 unspecified atom stereocenters. The Bertz CT molecular complexity index is 567. The maximum Gasteiger partial charge on any atom is 0.148 e. The molecule has 16 heavy (non-hydrogen) atoms. The van der Waals surface area contributed by atoms with E-state index in [0.29, 0.717) is 5.56 Å². The van der Waals surface area contributed by atoms with Gasteiger partial charge in [-0.05, 0) is 18.6 Å². The summed E-state index contributed by atoms with van der Waals surface area (Å²) in [5.74, 6) is -0.449.